The quantitative estimate of drug-likeness (QED) is 0.532. The van der Waals surface area contributed by atoms with Crippen molar-refractivity contribution >= 4 is 22.8 Å². The Kier molecular flexibility index (Phi) is 4.43. The van der Waals surface area contributed by atoms with Crippen LogP contribution < -0.4 is 4.74 Å². The normalized spacial score (nSPS) is 11.1. The van der Waals surface area contributed by atoms with Crippen molar-refractivity contribution in [1.29, 1.82) is 0 Å². The van der Waals surface area contributed by atoms with E-state index in [4.69, 9.17) is 4.74 Å². The molecule has 0 saturated carbocycles. The molecule has 2 aromatic heterocycles. The minimum Gasteiger partial charge on any atom is -0.497 e. The number of nitrogens with one attached hydrogen (secondary N) is 1. The van der Waals surface area contributed by atoms with Crippen molar-refractivity contribution in [1.82, 2.24) is 19.5 Å². The molecule has 0 saturated heterocycles. The fraction of sp³-hybridized carbons (Fsp3) is 0.158. The van der Waals surface area contributed by atoms with E-state index in [-0.39, 0.29) is 0 Å². The van der Waals surface area contributed by atoms with Crippen molar-refractivity contribution in [3.63, 3.8) is 0 Å². The van der Waals surface area contributed by atoms with E-state index in [2.05, 4.69) is 43.8 Å². The van der Waals surface area contributed by atoms with E-state index >= 15 is 0 Å². The average Bonchev–Trinajstić information content (AvgIpc) is 3.26. The monoisotopic (exact) mass is 350 g/mol. The molecule has 0 aliphatic rings. The van der Waals surface area contributed by atoms with Gasteiger partial charge in [-0.1, -0.05) is 42.1 Å². The van der Waals surface area contributed by atoms with Crippen LogP contribution in [0.4, 0.5) is 0 Å². The number of methoxy groups -OCH3 is 1. The topological polar surface area (TPSA) is 55.7 Å². The zero-order chi connectivity index (χ0) is 17.1. The van der Waals surface area contributed by atoms with Crippen LogP contribution in [0, 0.1) is 0 Å². The van der Waals surface area contributed by atoms with Gasteiger partial charge in [-0.25, -0.2) is 9.97 Å². The number of hydrogen-bond donors (Lipinski definition) is 1. The molecule has 1 N–H and O–H groups in total. The zero-order valence-corrected chi connectivity index (χ0v) is 14.7. The minimum absolute atomic E-state index is 0.761. The summed E-state index contributed by atoms with van der Waals surface area (Å²) in [4.78, 5) is 12.4. The van der Waals surface area contributed by atoms with Crippen LogP contribution in [-0.2, 0) is 12.3 Å². The van der Waals surface area contributed by atoms with Gasteiger partial charge in [-0.2, -0.15) is 0 Å². The maximum atomic E-state index is 5.25. The van der Waals surface area contributed by atoms with Gasteiger partial charge in [0.25, 0.3) is 0 Å². The lowest BCUT2D eigenvalue weighted by Gasteiger charge is -2.07. The molecular formula is C19H18N4OS. The summed E-state index contributed by atoms with van der Waals surface area (Å²) in [5.74, 6) is 2.62. The molecule has 0 unspecified atom stereocenters. The van der Waals surface area contributed by atoms with E-state index in [1.165, 1.54) is 5.56 Å². The summed E-state index contributed by atoms with van der Waals surface area (Å²) in [6.07, 6.45) is 3.87. The lowest BCUT2D eigenvalue weighted by molar-refractivity contribution is 0.415. The molecule has 2 heterocycles. The molecule has 0 aliphatic heterocycles. The summed E-state index contributed by atoms with van der Waals surface area (Å²) in [7, 11) is 1.67. The van der Waals surface area contributed by atoms with Gasteiger partial charge in [-0.3, -0.25) is 0 Å². The Morgan fingerprint density at radius 1 is 1.16 bits per heavy atom. The molecule has 0 amide bonds. The second kappa shape index (κ2) is 7.03. The molecular weight excluding hydrogens is 332 g/mol. The smallest absolute Gasteiger partial charge is 0.166 e. The highest BCUT2D eigenvalue weighted by Crippen LogP contribution is 2.25. The number of ether oxygens (including phenoxy) is 1. The summed E-state index contributed by atoms with van der Waals surface area (Å²) in [6.45, 7) is 0.827. The van der Waals surface area contributed by atoms with Crippen molar-refractivity contribution in [2.24, 2.45) is 0 Å². The van der Waals surface area contributed by atoms with Crippen molar-refractivity contribution in [2.75, 3.05) is 7.11 Å². The van der Waals surface area contributed by atoms with Crippen molar-refractivity contribution in [2.45, 2.75) is 17.5 Å². The summed E-state index contributed by atoms with van der Waals surface area (Å²) in [5.41, 5.74) is 3.19. The first-order valence-corrected chi connectivity index (χ1v) is 9.01. The molecule has 25 heavy (non-hydrogen) atoms. The van der Waals surface area contributed by atoms with Crippen LogP contribution in [0.5, 0.6) is 5.75 Å². The van der Waals surface area contributed by atoms with Crippen molar-refractivity contribution in [3.8, 4) is 5.75 Å². The zero-order valence-electron chi connectivity index (χ0n) is 13.8. The van der Waals surface area contributed by atoms with Crippen molar-refractivity contribution < 1.29 is 4.74 Å². The molecule has 5 nitrogen and oxygen atoms in total. The van der Waals surface area contributed by atoms with Crippen LogP contribution in [0.25, 0.3) is 11.0 Å². The summed E-state index contributed by atoms with van der Waals surface area (Å²) in [6, 6.07) is 16.3. The van der Waals surface area contributed by atoms with Gasteiger partial charge in [0.15, 0.2) is 5.16 Å². The molecule has 0 bridgehead atoms. The summed E-state index contributed by atoms with van der Waals surface area (Å²) < 4.78 is 7.43. The van der Waals surface area contributed by atoms with Crippen LogP contribution in [0.1, 0.15) is 11.4 Å². The van der Waals surface area contributed by atoms with Crippen molar-refractivity contribution in [3.05, 3.63) is 72.3 Å². The van der Waals surface area contributed by atoms with Crippen LogP contribution in [0.3, 0.4) is 0 Å². The first-order chi connectivity index (χ1) is 12.3. The van der Waals surface area contributed by atoms with Gasteiger partial charge in [-0.15, -0.1) is 0 Å². The Hall–Kier alpha value is -2.73. The number of aromatic nitrogens is 4. The van der Waals surface area contributed by atoms with E-state index < -0.39 is 0 Å². The maximum absolute atomic E-state index is 5.25. The number of H-pyrrole nitrogens is 1. The minimum atomic E-state index is 0.761. The number of imidazole rings is 2. The predicted molar refractivity (Wildman–Crippen MR) is 100.0 cm³/mol. The van der Waals surface area contributed by atoms with Gasteiger partial charge in [0, 0.05) is 25.0 Å². The molecule has 0 radical (unpaired) electrons. The summed E-state index contributed by atoms with van der Waals surface area (Å²) in [5, 5.41) is 0.887. The molecule has 0 spiro atoms. The fourth-order valence-corrected chi connectivity index (χ4v) is 3.55. The third-order valence-electron chi connectivity index (χ3n) is 4.00. The van der Waals surface area contributed by atoms with E-state index in [0.29, 0.717) is 0 Å². The van der Waals surface area contributed by atoms with Crippen LogP contribution in [-0.4, -0.2) is 26.6 Å². The standard InChI is InChI=1S/C19H18N4OS/c1-24-15-7-8-16-17(11-15)22-19(21-16)25-13-18-20-9-10-23(18)12-14-5-3-2-4-6-14/h2-11H,12-13H2,1H3,(H,21,22). The first-order valence-electron chi connectivity index (χ1n) is 8.02. The lowest BCUT2D eigenvalue weighted by atomic mass is 10.2. The second-order valence-corrected chi connectivity index (χ2v) is 6.63. The molecule has 2 aromatic carbocycles. The van der Waals surface area contributed by atoms with Crippen LogP contribution in [0.2, 0.25) is 0 Å². The number of aromatic amines is 1. The highest BCUT2D eigenvalue weighted by atomic mass is 32.2. The molecule has 6 heteroatoms. The molecule has 4 aromatic rings. The first kappa shape index (κ1) is 15.8. The van der Waals surface area contributed by atoms with Gasteiger partial charge in [0.05, 0.1) is 23.9 Å². The Morgan fingerprint density at radius 2 is 2.04 bits per heavy atom. The largest absolute Gasteiger partial charge is 0.497 e. The van der Waals surface area contributed by atoms with Gasteiger partial charge in [0.1, 0.15) is 11.6 Å². The van der Waals surface area contributed by atoms with Gasteiger partial charge >= 0.3 is 0 Å². The van der Waals surface area contributed by atoms with E-state index in [0.717, 1.165) is 40.1 Å². The molecule has 126 valence electrons. The lowest BCUT2D eigenvalue weighted by Crippen LogP contribution is -2.03. The number of nitrogens with zero attached hydrogens (tertiary/aromatic N) is 3. The predicted octanol–water partition coefficient (Wildman–Crippen LogP) is 4.11. The maximum Gasteiger partial charge on any atom is 0.166 e. The number of fused-ring (bicyclic) bond motifs is 1. The third-order valence-corrected chi connectivity index (χ3v) is 4.87. The summed E-state index contributed by atoms with van der Waals surface area (Å²) >= 11 is 1.65. The molecule has 4 rings (SSSR count). The van der Waals surface area contributed by atoms with E-state index in [1.54, 1.807) is 18.9 Å². The SMILES string of the molecule is COc1ccc2nc(SCc3nccn3Cc3ccccc3)[nH]c2c1. The third kappa shape index (κ3) is 3.53. The van der Waals surface area contributed by atoms with Gasteiger partial charge in [0.2, 0.25) is 0 Å². The second-order valence-electron chi connectivity index (χ2n) is 5.67. The number of hydrogen-bond acceptors (Lipinski definition) is 4. The van der Waals surface area contributed by atoms with Gasteiger partial charge < -0.3 is 14.3 Å². The Morgan fingerprint density at radius 3 is 2.88 bits per heavy atom. The Balaban J connectivity index is 1.47. The Labute approximate surface area is 150 Å². The highest BCUT2D eigenvalue weighted by molar-refractivity contribution is 7.98. The molecule has 0 aliphatic carbocycles. The highest BCUT2D eigenvalue weighted by Gasteiger charge is 2.08. The molecule has 0 fully saturated rings. The van der Waals surface area contributed by atoms with Crippen LogP contribution in [0.15, 0.2) is 66.1 Å². The van der Waals surface area contributed by atoms with Gasteiger partial charge in [-0.05, 0) is 17.7 Å². The van der Waals surface area contributed by atoms with E-state index in [1.807, 2.05) is 36.7 Å². The average molecular weight is 350 g/mol. The number of thioether (sulfide) groups is 1. The number of benzene rings is 2. The Bertz CT molecular complexity index is 977. The molecule has 0 atom stereocenters. The van der Waals surface area contributed by atoms with E-state index in [9.17, 15) is 0 Å². The van der Waals surface area contributed by atoms with Crippen LogP contribution >= 0.6 is 11.8 Å². The fourth-order valence-electron chi connectivity index (χ4n) is 2.70. The number of rotatable bonds is 6.